The van der Waals surface area contributed by atoms with E-state index < -0.39 is 21.3 Å². The molecule has 0 saturated heterocycles. The van der Waals surface area contributed by atoms with Gasteiger partial charge in [0.05, 0.1) is 6.26 Å². The van der Waals surface area contributed by atoms with Crippen molar-refractivity contribution in [2.45, 2.75) is 52.1 Å². The standard InChI is InChI=1S/C22H26ClN7O5S/c1-3-4-10-29-19-18(25-21(23)26-19)20(31)30(22(29)32)11-6-9-17-24-16(27-35-17)13-14-7-5-8-15(12-14)28-36(2,33)34/h5,7-8,12,28H,3-4,6,9-11,13H2,1-2H3,(H,25,26). The normalized spacial score (nSPS) is 11.9. The van der Waals surface area contributed by atoms with Crippen LogP contribution in [0.2, 0.25) is 5.28 Å². The first-order valence-electron chi connectivity index (χ1n) is 11.4. The number of sulfonamides is 1. The van der Waals surface area contributed by atoms with Crippen molar-refractivity contribution in [1.82, 2.24) is 29.2 Å². The van der Waals surface area contributed by atoms with E-state index in [-0.39, 0.29) is 23.0 Å². The molecule has 3 aromatic heterocycles. The zero-order chi connectivity index (χ0) is 25.9. The molecule has 0 spiro atoms. The molecular formula is C22H26ClN7O5S. The summed E-state index contributed by atoms with van der Waals surface area (Å²) in [5, 5.41) is 4.04. The fourth-order valence-corrected chi connectivity index (χ4v) is 4.58. The van der Waals surface area contributed by atoms with Crippen molar-refractivity contribution in [3.63, 3.8) is 0 Å². The summed E-state index contributed by atoms with van der Waals surface area (Å²) < 4.78 is 33.3. The minimum atomic E-state index is -3.38. The quantitative estimate of drug-likeness (QED) is 0.277. The summed E-state index contributed by atoms with van der Waals surface area (Å²) in [5.41, 5.74) is 0.806. The molecule has 1 aromatic carbocycles. The fourth-order valence-electron chi connectivity index (χ4n) is 3.85. The van der Waals surface area contributed by atoms with Crippen molar-refractivity contribution < 1.29 is 12.9 Å². The number of halogens is 1. The second-order valence-corrected chi connectivity index (χ2v) is 10.5. The molecule has 3 heterocycles. The van der Waals surface area contributed by atoms with E-state index in [9.17, 15) is 18.0 Å². The van der Waals surface area contributed by atoms with Gasteiger partial charge in [0, 0.05) is 31.6 Å². The van der Waals surface area contributed by atoms with Crippen molar-refractivity contribution in [2.24, 2.45) is 0 Å². The third kappa shape index (κ3) is 6.02. The monoisotopic (exact) mass is 535 g/mol. The van der Waals surface area contributed by atoms with Gasteiger partial charge in [0.1, 0.15) is 0 Å². The van der Waals surface area contributed by atoms with Gasteiger partial charge in [-0.25, -0.2) is 13.2 Å². The number of imidazole rings is 1. The number of unbranched alkanes of at least 4 members (excludes halogenated alkanes) is 1. The van der Waals surface area contributed by atoms with Crippen LogP contribution in [0.25, 0.3) is 11.2 Å². The molecule has 0 unspecified atom stereocenters. The van der Waals surface area contributed by atoms with Gasteiger partial charge in [0.15, 0.2) is 17.0 Å². The van der Waals surface area contributed by atoms with Gasteiger partial charge >= 0.3 is 5.69 Å². The molecule has 0 aliphatic rings. The molecule has 4 rings (SSSR count). The molecule has 36 heavy (non-hydrogen) atoms. The number of aromatic amines is 1. The number of nitrogens with zero attached hydrogens (tertiary/aromatic N) is 5. The zero-order valence-corrected chi connectivity index (χ0v) is 21.4. The molecule has 4 aromatic rings. The highest BCUT2D eigenvalue weighted by atomic mass is 35.5. The highest BCUT2D eigenvalue weighted by Crippen LogP contribution is 2.15. The Labute approximate surface area is 211 Å². The molecule has 0 radical (unpaired) electrons. The van der Waals surface area contributed by atoms with E-state index in [0.717, 1.165) is 24.7 Å². The average molecular weight is 536 g/mol. The third-order valence-corrected chi connectivity index (χ3v) is 6.23. The molecule has 12 nitrogen and oxygen atoms in total. The van der Waals surface area contributed by atoms with Crippen molar-refractivity contribution in [1.29, 1.82) is 0 Å². The Balaban J connectivity index is 1.45. The Morgan fingerprint density at radius 3 is 2.67 bits per heavy atom. The Kier molecular flexibility index (Phi) is 7.59. The van der Waals surface area contributed by atoms with Crippen LogP contribution >= 0.6 is 11.6 Å². The number of nitrogens with one attached hydrogen (secondary N) is 2. The second kappa shape index (κ2) is 10.7. The summed E-state index contributed by atoms with van der Waals surface area (Å²) in [5.74, 6) is 0.814. The summed E-state index contributed by atoms with van der Waals surface area (Å²) >= 11 is 5.96. The average Bonchev–Trinajstić information content (AvgIpc) is 3.41. The molecule has 0 bridgehead atoms. The maximum Gasteiger partial charge on any atom is 0.332 e. The lowest BCUT2D eigenvalue weighted by molar-refractivity contribution is 0.367. The van der Waals surface area contributed by atoms with Gasteiger partial charge < -0.3 is 9.51 Å². The summed E-state index contributed by atoms with van der Waals surface area (Å²) in [6.45, 7) is 2.60. The molecule has 0 fully saturated rings. The molecule has 0 aliphatic heterocycles. The number of H-pyrrole nitrogens is 1. The highest BCUT2D eigenvalue weighted by molar-refractivity contribution is 7.92. The summed E-state index contributed by atoms with van der Waals surface area (Å²) in [7, 11) is -3.38. The topological polar surface area (TPSA) is 158 Å². The van der Waals surface area contributed by atoms with E-state index in [4.69, 9.17) is 16.1 Å². The van der Waals surface area contributed by atoms with E-state index in [2.05, 4.69) is 24.8 Å². The Morgan fingerprint density at radius 2 is 1.92 bits per heavy atom. The van der Waals surface area contributed by atoms with Crippen LogP contribution in [0.5, 0.6) is 0 Å². The second-order valence-electron chi connectivity index (χ2n) is 8.43. The van der Waals surface area contributed by atoms with Gasteiger partial charge in [-0.05, 0) is 42.1 Å². The predicted octanol–water partition coefficient (Wildman–Crippen LogP) is 2.32. The number of benzene rings is 1. The molecule has 14 heteroatoms. The van der Waals surface area contributed by atoms with Gasteiger partial charge in [-0.2, -0.15) is 9.97 Å². The number of hydrogen-bond donors (Lipinski definition) is 2. The SMILES string of the molecule is CCCCn1c(=O)n(CCCc2nc(Cc3cccc(NS(C)(=O)=O)c3)no2)c(=O)c2[nH]c(Cl)nc21. The minimum absolute atomic E-state index is 0.0560. The molecule has 0 saturated carbocycles. The minimum Gasteiger partial charge on any atom is -0.339 e. The first-order chi connectivity index (χ1) is 17.1. The van der Waals surface area contributed by atoms with Crippen molar-refractivity contribution in [3.8, 4) is 0 Å². The summed E-state index contributed by atoms with van der Waals surface area (Å²) in [6.07, 6.45) is 3.86. The lowest BCUT2D eigenvalue weighted by Crippen LogP contribution is -2.40. The Hall–Kier alpha value is -3.45. The van der Waals surface area contributed by atoms with E-state index >= 15 is 0 Å². The predicted molar refractivity (Wildman–Crippen MR) is 135 cm³/mol. The largest absolute Gasteiger partial charge is 0.339 e. The van der Waals surface area contributed by atoms with Crippen LogP contribution in [0.1, 0.15) is 43.5 Å². The van der Waals surface area contributed by atoms with Crippen molar-refractivity contribution in [2.75, 3.05) is 11.0 Å². The molecule has 0 amide bonds. The highest BCUT2D eigenvalue weighted by Gasteiger charge is 2.17. The fraction of sp³-hybridized carbons (Fsp3) is 0.409. The molecule has 0 atom stereocenters. The van der Waals surface area contributed by atoms with Crippen LogP contribution in [0, 0.1) is 0 Å². The number of hydrogen-bond acceptors (Lipinski definition) is 8. The Bertz CT molecular complexity index is 1600. The van der Waals surface area contributed by atoms with Crippen molar-refractivity contribution in [3.05, 3.63) is 67.7 Å². The lowest BCUT2D eigenvalue weighted by Gasteiger charge is -2.10. The van der Waals surface area contributed by atoms with Crippen LogP contribution in [-0.4, -0.2) is 43.9 Å². The van der Waals surface area contributed by atoms with E-state index in [1.165, 1.54) is 9.13 Å². The lowest BCUT2D eigenvalue weighted by atomic mass is 10.1. The van der Waals surface area contributed by atoms with E-state index in [0.29, 0.717) is 43.2 Å². The summed E-state index contributed by atoms with van der Waals surface area (Å²) in [6, 6.07) is 6.92. The van der Waals surface area contributed by atoms with E-state index in [1.807, 2.05) is 13.0 Å². The zero-order valence-electron chi connectivity index (χ0n) is 19.8. The van der Waals surface area contributed by atoms with Gasteiger partial charge in [0.25, 0.3) is 5.56 Å². The van der Waals surface area contributed by atoms with Crippen LogP contribution < -0.4 is 16.0 Å². The molecule has 0 aliphatic carbocycles. The number of fused-ring (bicyclic) bond motifs is 1. The molecular weight excluding hydrogens is 510 g/mol. The maximum absolute atomic E-state index is 13.0. The number of aryl methyl sites for hydroxylation is 2. The third-order valence-electron chi connectivity index (χ3n) is 5.44. The Morgan fingerprint density at radius 1 is 1.14 bits per heavy atom. The molecule has 192 valence electrons. The molecule has 2 N–H and O–H groups in total. The van der Waals surface area contributed by atoms with Gasteiger partial charge in [-0.3, -0.25) is 18.7 Å². The smallest absolute Gasteiger partial charge is 0.332 e. The van der Waals surface area contributed by atoms with Gasteiger partial charge in [0.2, 0.25) is 21.2 Å². The van der Waals surface area contributed by atoms with Gasteiger partial charge in [-0.15, -0.1) is 0 Å². The number of anilines is 1. The van der Waals surface area contributed by atoms with Gasteiger partial charge in [-0.1, -0.05) is 30.6 Å². The van der Waals surface area contributed by atoms with Crippen LogP contribution in [0.3, 0.4) is 0 Å². The number of aromatic nitrogens is 6. The maximum atomic E-state index is 13.0. The first-order valence-corrected chi connectivity index (χ1v) is 13.7. The first kappa shape index (κ1) is 25.6. The van der Waals surface area contributed by atoms with E-state index in [1.54, 1.807) is 18.2 Å². The van der Waals surface area contributed by atoms with Crippen molar-refractivity contribution >= 4 is 38.5 Å². The van der Waals surface area contributed by atoms with Crippen LogP contribution in [-0.2, 0) is 36.0 Å². The van der Waals surface area contributed by atoms with Crippen LogP contribution in [0.15, 0.2) is 38.4 Å². The van der Waals surface area contributed by atoms with Crippen LogP contribution in [0.4, 0.5) is 5.69 Å². The summed E-state index contributed by atoms with van der Waals surface area (Å²) in [4.78, 5) is 37.1. The number of rotatable bonds is 11.